The van der Waals surface area contributed by atoms with Gasteiger partial charge in [0.1, 0.15) is 0 Å². The summed E-state index contributed by atoms with van der Waals surface area (Å²) in [5.41, 5.74) is 0. The van der Waals surface area contributed by atoms with Crippen LogP contribution in [0, 0.1) is 0 Å². The van der Waals surface area contributed by atoms with Gasteiger partial charge < -0.3 is 9.87 Å². The molecule has 0 fully saturated rings. The lowest BCUT2D eigenvalue weighted by atomic mass is 10.1. The van der Waals surface area contributed by atoms with Crippen LogP contribution in [0.5, 0.6) is 0 Å². The van der Waals surface area contributed by atoms with Crippen LogP contribution in [0.25, 0.3) is 0 Å². The summed E-state index contributed by atoms with van der Waals surface area (Å²) in [5.74, 6) is 0. The molecule has 20 heavy (non-hydrogen) atoms. The van der Waals surface area contributed by atoms with Crippen molar-refractivity contribution < 1.29 is 12.9 Å². The topological polar surface area (TPSA) is 61.4 Å². The Morgan fingerprint density at radius 2 is 1.50 bits per heavy atom. The zero-order valence-corrected chi connectivity index (χ0v) is 14.0. The van der Waals surface area contributed by atoms with Crippen LogP contribution >= 0.6 is 0 Å². The van der Waals surface area contributed by atoms with E-state index in [2.05, 4.69) is 16.4 Å². The van der Waals surface area contributed by atoms with Gasteiger partial charge in [-0.05, 0) is 19.9 Å². The molecular formula is C15H32NO3S-. The molecule has 0 saturated heterocycles. The molecule has 0 spiro atoms. The van der Waals surface area contributed by atoms with E-state index in [1.807, 2.05) is 6.92 Å². The maximum Gasteiger partial charge on any atom is 0.0842 e. The Morgan fingerprint density at radius 1 is 1.00 bits per heavy atom. The fraction of sp³-hybridized carbons (Fsp3) is 1.00. The molecule has 0 heterocycles. The van der Waals surface area contributed by atoms with E-state index in [1.165, 1.54) is 57.8 Å². The lowest BCUT2D eigenvalue weighted by Gasteiger charge is -2.14. The van der Waals surface area contributed by atoms with Crippen molar-refractivity contribution in [2.24, 2.45) is 0 Å². The van der Waals surface area contributed by atoms with Gasteiger partial charge in [0.05, 0.1) is 18.0 Å². The number of hydrogen-bond acceptors (Lipinski definition) is 4. The first-order valence-electron chi connectivity index (χ1n) is 8.12. The number of unbranched alkanes of at least 4 members (excludes halogenated alkanes) is 9. The van der Waals surface area contributed by atoms with Crippen molar-refractivity contribution in [3.05, 3.63) is 0 Å². The van der Waals surface area contributed by atoms with E-state index in [0.717, 1.165) is 13.0 Å². The summed E-state index contributed by atoms with van der Waals surface area (Å²) in [5, 5.41) is 3.26. The third-order valence-electron chi connectivity index (χ3n) is 3.44. The molecule has 0 aromatic rings. The smallest absolute Gasteiger partial charge is 0.0842 e. The Morgan fingerprint density at radius 3 is 2.00 bits per heavy atom. The zero-order valence-electron chi connectivity index (χ0n) is 13.2. The third kappa shape index (κ3) is 16.1. The Labute approximate surface area is 127 Å². The van der Waals surface area contributed by atoms with Crippen LogP contribution in [-0.2, 0) is 15.5 Å². The van der Waals surface area contributed by atoms with Gasteiger partial charge in [-0.1, -0.05) is 64.7 Å². The van der Waals surface area contributed by atoms with E-state index >= 15 is 0 Å². The van der Waals surface area contributed by atoms with E-state index in [4.69, 9.17) is 0 Å². The molecule has 0 aromatic carbocycles. The van der Waals surface area contributed by atoms with Gasteiger partial charge >= 0.3 is 0 Å². The molecule has 0 aliphatic rings. The highest BCUT2D eigenvalue weighted by Gasteiger charge is 2.00. The van der Waals surface area contributed by atoms with Gasteiger partial charge in [-0.2, -0.15) is 0 Å². The highest BCUT2D eigenvalue weighted by Crippen LogP contribution is 2.10. The van der Waals surface area contributed by atoms with Crippen molar-refractivity contribution in [2.45, 2.75) is 84.1 Å². The summed E-state index contributed by atoms with van der Waals surface area (Å²) in [6.07, 6.45) is 13.3. The standard InChI is InChI=1S/C15H33NO3S/c1-3-4-5-6-7-8-9-10-11-12-13-16-15(2)14-19-20(17)18/h15-16H,3-14H2,1-2H3,(H,17,18)/p-1. The molecule has 0 aromatic heterocycles. The monoisotopic (exact) mass is 306 g/mol. The summed E-state index contributed by atoms with van der Waals surface area (Å²) in [7, 11) is 0. The average Bonchev–Trinajstić information content (AvgIpc) is 2.42. The molecular weight excluding hydrogens is 274 g/mol. The molecule has 2 unspecified atom stereocenters. The molecule has 5 heteroatoms. The minimum atomic E-state index is -2.39. The largest absolute Gasteiger partial charge is 0.750 e. The van der Waals surface area contributed by atoms with Crippen LogP contribution in [0.1, 0.15) is 78.1 Å². The van der Waals surface area contributed by atoms with Crippen LogP contribution in [-0.4, -0.2) is 28.0 Å². The van der Waals surface area contributed by atoms with Crippen molar-refractivity contribution in [2.75, 3.05) is 13.2 Å². The molecule has 1 N–H and O–H groups in total. The van der Waals surface area contributed by atoms with Gasteiger partial charge in [-0.3, -0.25) is 4.18 Å². The molecule has 122 valence electrons. The third-order valence-corrected chi connectivity index (χ3v) is 3.77. The molecule has 0 amide bonds. The summed E-state index contributed by atoms with van der Waals surface area (Å²) in [6.45, 7) is 5.34. The average molecular weight is 306 g/mol. The first kappa shape index (κ1) is 20.0. The van der Waals surface area contributed by atoms with Crippen molar-refractivity contribution >= 4 is 11.4 Å². The Bertz CT molecular complexity index is 227. The van der Waals surface area contributed by atoms with Crippen LogP contribution in [0.3, 0.4) is 0 Å². The summed E-state index contributed by atoms with van der Waals surface area (Å²) < 4.78 is 24.9. The molecule has 0 aliphatic carbocycles. The highest BCUT2D eigenvalue weighted by atomic mass is 32.2. The molecule has 0 bridgehead atoms. The van der Waals surface area contributed by atoms with Crippen molar-refractivity contribution in [3.63, 3.8) is 0 Å². The zero-order chi connectivity index (χ0) is 15.1. The predicted molar refractivity (Wildman–Crippen MR) is 84.2 cm³/mol. The van der Waals surface area contributed by atoms with Gasteiger partial charge in [0, 0.05) is 6.04 Å². The lowest BCUT2D eigenvalue weighted by molar-refractivity contribution is 0.264. The first-order chi connectivity index (χ1) is 9.66. The molecule has 0 radical (unpaired) electrons. The van der Waals surface area contributed by atoms with Crippen LogP contribution < -0.4 is 5.32 Å². The SMILES string of the molecule is CCCCCCCCCCCCNC(C)COS(=O)[O-]. The van der Waals surface area contributed by atoms with Gasteiger partial charge in [0.15, 0.2) is 0 Å². The number of rotatable bonds is 15. The minimum Gasteiger partial charge on any atom is -0.750 e. The normalized spacial score (nSPS) is 14.3. The van der Waals surface area contributed by atoms with Crippen LogP contribution in [0.2, 0.25) is 0 Å². The maximum absolute atomic E-state index is 10.2. The van der Waals surface area contributed by atoms with Crippen molar-refractivity contribution in [1.82, 2.24) is 5.32 Å². The summed E-state index contributed by atoms with van der Waals surface area (Å²) >= 11 is -2.39. The first-order valence-corrected chi connectivity index (χ1v) is 9.12. The Hall–Kier alpha value is 0.0300. The second kappa shape index (κ2) is 15.4. The number of nitrogens with one attached hydrogen (secondary N) is 1. The molecule has 0 rings (SSSR count). The van der Waals surface area contributed by atoms with Crippen molar-refractivity contribution in [3.8, 4) is 0 Å². The van der Waals surface area contributed by atoms with Crippen LogP contribution in [0.15, 0.2) is 0 Å². The highest BCUT2D eigenvalue weighted by molar-refractivity contribution is 7.74. The number of hydrogen-bond donors (Lipinski definition) is 1. The quantitative estimate of drug-likeness (QED) is 0.370. The van der Waals surface area contributed by atoms with Gasteiger partial charge in [-0.25, -0.2) is 4.21 Å². The second-order valence-corrected chi connectivity index (χ2v) is 6.17. The fourth-order valence-electron chi connectivity index (χ4n) is 2.18. The Balaban J connectivity index is 3.10. The maximum atomic E-state index is 10.2. The van der Waals surface area contributed by atoms with E-state index in [0.29, 0.717) is 0 Å². The van der Waals surface area contributed by atoms with E-state index in [9.17, 15) is 8.76 Å². The fourth-order valence-corrected chi connectivity index (χ4v) is 2.49. The molecule has 0 aliphatic heterocycles. The summed E-state index contributed by atoms with van der Waals surface area (Å²) in [6, 6.07) is 0.0893. The van der Waals surface area contributed by atoms with Crippen LogP contribution in [0.4, 0.5) is 0 Å². The van der Waals surface area contributed by atoms with E-state index in [1.54, 1.807) is 0 Å². The minimum absolute atomic E-state index is 0.0893. The van der Waals surface area contributed by atoms with E-state index < -0.39 is 11.4 Å². The van der Waals surface area contributed by atoms with E-state index in [-0.39, 0.29) is 12.6 Å². The molecule has 4 nitrogen and oxygen atoms in total. The summed E-state index contributed by atoms with van der Waals surface area (Å²) in [4.78, 5) is 0. The lowest BCUT2D eigenvalue weighted by Crippen LogP contribution is -2.31. The van der Waals surface area contributed by atoms with Gasteiger partial charge in [0.25, 0.3) is 0 Å². The predicted octanol–water partition coefficient (Wildman–Crippen LogP) is 3.70. The molecule has 0 saturated carbocycles. The molecule has 2 atom stereocenters. The second-order valence-electron chi connectivity index (χ2n) is 5.53. The Kier molecular flexibility index (Phi) is 15.4. The van der Waals surface area contributed by atoms with Gasteiger partial charge in [0.2, 0.25) is 0 Å². The van der Waals surface area contributed by atoms with Gasteiger partial charge in [-0.15, -0.1) is 0 Å². The van der Waals surface area contributed by atoms with Crippen molar-refractivity contribution in [1.29, 1.82) is 0 Å².